The van der Waals surface area contributed by atoms with Crippen LogP contribution in [0.25, 0.3) is 16.8 Å². The molecule has 3 aromatic rings. The minimum atomic E-state index is -0.621. The first kappa shape index (κ1) is 21.1. The summed E-state index contributed by atoms with van der Waals surface area (Å²) in [6.45, 7) is 4.50. The second-order valence-electron chi connectivity index (χ2n) is 7.68. The number of aryl methyl sites for hydroxylation is 1. The van der Waals surface area contributed by atoms with Crippen LogP contribution in [0.5, 0.6) is 0 Å². The minimum absolute atomic E-state index is 0.00687. The molecular weight excluding hydrogens is 400 g/mol. The van der Waals surface area contributed by atoms with Crippen molar-refractivity contribution in [2.45, 2.75) is 25.8 Å². The number of methoxy groups -OCH3 is 1. The molecule has 1 atom stereocenters. The Bertz CT molecular complexity index is 1190. The summed E-state index contributed by atoms with van der Waals surface area (Å²) in [6.07, 6.45) is 2.06. The predicted molar refractivity (Wildman–Crippen MR) is 116 cm³/mol. The molecule has 1 unspecified atom stereocenters. The third kappa shape index (κ3) is 4.06. The van der Waals surface area contributed by atoms with E-state index in [0.717, 1.165) is 30.5 Å². The Kier molecular flexibility index (Phi) is 6.06. The van der Waals surface area contributed by atoms with E-state index in [1.54, 1.807) is 44.4 Å². The maximum Gasteiger partial charge on any atom is 0.335 e. The van der Waals surface area contributed by atoms with Crippen LogP contribution in [0.3, 0.4) is 0 Å². The highest BCUT2D eigenvalue weighted by Gasteiger charge is 2.27. The van der Waals surface area contributed by atoms with Gasteiger partial charge in [0.05, 0.1) is 17.9 Å². The number of benzene rings is 1. The molecule has 3 heterocycles. The van der Waals surface area contributed by atoms with Crippen molar-refractivity contribution in [1.82, 2.24) is 19.8 Å². The van der Waals surface area contributed by atoms with E-state index < -0.39 is 17.2 Å². The summed E-state index contributed by atoms with van der Waals surface area (Å²) >= 11 is 0. The third-order valence-electron chi connectivity index (χ3n) is 5.75. The van der Waals surface area contributed by atoms with Crippen LogP contribution >= 0.6 is 0 Å². The highest BCUT2D eigenvalue weighted by Crippen LogP contribution is 2.21. The number of carbonyl (C=O) groups excluding carboxylic acids is 1. The van der Waals surface area contributed by atoms with E-state index in [-0.39, 0.29) is 28.5 Å². The molecule has 4 rings (SSSR count). The number of amides is 1. The van der Waals surface area contributed by atoms with Crippen molar-refractivity contribution in [1.29, 1.82) is 0 Å². The Balaban J connectivity index is 1.65. The Morgan fingerprint density at radius 2 is 2.06 bits per heavy atom. The Morgan fingerprint density at radius 1 is 1.29 bits per heavy atom. The molecule has 1 amide bonds. The topological polar surface area (TPSA) is 110 Å². The van der Waals surface area contributed by atoms with Gasteiger partial charge in [0.15, 0.2) is 0 Å². The van der Waals surface area contributed by atoms with Gasteiger partial charge in [0.2, 0.25) is 5.71 Å². The number of hydrogen-bond donors (Lipinski definition) is 2. The molecule has 2 N–H and O–H groups in total. The van der Waals surface area contributed by atoms with Crippen LogP contribution in [0.2, 0.25) is 0 Å². The molecule has 0 spiro atoms. The van der Waals surface area contributed by atoms with Crippen molar-refractivity contribution in [2.24, 2.45) is 0 Å². The van der Waals surface area contributed by atoms with Crippen LogP contribution < -0.4 is 16.6 Å². The number of fused-ring (bicyclic) bond motifs is 1. The molecule has 9 nitrogen and oxygen atoms in total. The molecule has 2 aromatic heterocycles. The second kappa shape index (κ2) is 8.91. The fraction of sp³-hybridized carbons (Fsp3) is 0.409. The number of para-hydroxylation sites is 1. The summed E-state index contributed by atoms with van der Waals surface area (Å²) in [7, 11) is 1.67. The van der Waals surface area contributed by atoms with E-state index in [9.17, 15) is 14.4 Å². The molecule has 1 saturated heterocycles. The van der Waals surface area contributed by atoms with Crippen molar-refractivity contribution in [3.63, 3.8) is 0 Å². The zero-order valence-electron chi connectivity index (χ0n) is 17.6. The number of hydrogen-bond acceptors (Lipinski definition) is 6. The standard InChI is InChI=1S/C22H26N4O5/c1-14-17(19(27)23-13-16-9-6-10-25(16)11-12-30-2)18-20(31-14)24-22(29)26(21(18)28)15-7-4-3-5-8-15/h3-5,7-8,16H,6,9-13H2,1-2H3,(H,23,27)(H,24,29). The number of nitrogens with zero attached hydrogens (tertiary/aromatic N) is 2. The summed E-state index contributed by atoms with van der Waals surface area (Å²) in [5, 5.41) is 3.02. The zero-order valence-corrected chi connectivity index (χ0v) is 17.6. The van der Waals surface area contributed by atoms with Crippen molar-refractivity contribution < 1.29 is 13.9 Å². The monoisotopic (exact) mass is 426 g/mol. The zero-order chi connectivity index (χ0) is 22.0. The van der Waals surface area contributed by atoms with Crippen LogP contribution in [-0.2, 0) is 4.74 Å². The molecule has 0 bridgehead atoms. The number of ether oxygens (including phenoxy) is 1. The maximum atomic E-state index is 13.2. The smallest absolute Gasteiger partial charge is 0.335 e. The Hall–Kier alpha value is -3.17. The maximum absolute atomic E-state index is 13.2. The molecular formula is C22H26N4O5. The largest absolute Gasteiger partial charge is 0.444 e. The quantitative estimate of drug-likeness (QED) is 0.591. The fourth-order valence-corrected chi connectivity index (χ4v) is 4.21. The molecule has 1 aromatic carbocycles. The highest BCUT2D eigenvalue weighted by atomic mass is 16.5. The van der Waals surface area contributed by atoms with Gasteiger partial charge < -0.3 is 14.5 Å². The predicted octanol–water partition coefficient (Wildman–Crippen LogP) is 1.42. The van der Waals surface area contributed by atoms with Gasteiger partial charge >= 0.3 is 5.69 Å². The first-order chi connectivity index (χ1) is 15.0. The first-order valence-electron chi connectivity index (χ1n) is 10.4. The summed E-state index contributed by atoms with van der Waals surface area (Å²) in [5.41, 5.74) is -0.630. The van der Waals surface area contributed by atoms with E-state index in [1.165, 1.54) is 0 Å². The van der Waals surface area contributed by atoms with Gasteiger partial charge in [-0.1, -0.05) is 18.2 Å². The Labute approximate surface area is 178 Å². The third-order valence-corrected chi connectivity index (χ3v) is 5.75. The number of likely N-dealkylation sites (tertiary alicyclic amines) is 1. The molecule has 1 aliphatic heterocycles. The molecule has 0 aliphatic carbocycles. The van der Waals surface area contributed by atoms with Gasteiger partial charge in [0.1, 0.15) is 11.1 Å². The van der Waals surface area contributed by atoms with Gasteiger partial charge in [0.25, 0.3) is 11.5 Å². The molecule has 31 heavy (non-hydrogen) atoms. The van der Waals surface area contributed by atoms with Gasteiger partial charge in [-0.05, 0) is 38.4 Å². The second-order valence-corrected chi connectivity index (χ2v) is 7.68. The molecule has 164 valence electrons. The van der Waals surface area contributed by atoms with Crippen LogP contribution in [-0.4, -0.2) is 59.8 Å². The van der Waals surface area contributed by atoms with Gasteiger partial charge in [-0.2, -0.15) is 0 Å². The number of carbonyl (C=O) groups is 1. The number of aromatic amines is 1. The minimum Gasteiger partial charge on any atom is -0.444 e. The lowest BCUT2D eigenvalue weighted by atomic mass is 10.1. The molecule has 0 radical (unpaired) electrons. The van der Waals surface area contributed by atoms with Crippen LogP contribution in [0.4, 0.5) is 0 Å². The van der Waals surface area contributed by atoms with Crippen LogP contribution in [0.15, 0.2) is 44.3 Å². The van der Waals surface area contributed by atoms with Crippen molar-refractivity contribution in [3.8, 4) is 5.69 Å². The van der Waals surface area contributed by atoms with E-state index in [2.05, 4.69) is 15.2 Å². The van der Waals surface area contributed by atoms with Crippen LogP contribution in [0.1, 0.15) is 29.0 Å². The number of aromatic nitrogens is 2. The summed E-state index contributed by atoms with van der Waals surface area (Å²) in [5.74, 6) is -0.104. The van der Waals surface area contributed by atoms with E-state index in [4.69, 9.17) is 9.15 Å². The molecule has 1 aliphatic rings. The summed E-state index contributed by atoms with van der Waals surface area (Å²) in [4.78, 5) is 43.6. The van der Waals surface area contributed by atoms with E-state index in [1.807, 2.05) is 0 Å². The highest BCUT2D eigenvalue weighted by molar-refractivity contribution is 6.06. The number of H-pyrrole nitrogens is 1. The first-order valence-corrected chi connectivity index (χ1v) is 10.4. The van der Waals surface area contributed by atoms with Crippen LogP contribution in [0, 0.1) is 6.92 Å². The van der Waals surface area contributed by atoms with Gasteiger partial charge in [-0.25, -0.2) is 9.36 Å². The Morgan fingerprint density at radius 3 is 2.81 bits per heavy atom. The van der Waals surface area contributed by atoms with E-state index >= 15 is 0 Å². The summed E-state index contributed by atoms with van der Waals surface area (Å²) in [6, 6.07) is 8.79. The van der Waals surface area contributed by atoms with Gasteiger partial charge in [-0.3, -0.25) is 19.5 Å². The van der Waals surface area contributed by atoms with Gasteiger partial charge in [0, 0.05) is 26.2 Å². The van der Waals surface area contributed by atoms with Crippen molar-refractivity contribution >= 4 is 17.0 Å². The lowest BCUT2D eigenvalue weighted by Gasteiger charge is -2.24. The fourth-order valence-electron chi connectivity index (χ4n) is 4.21. The van der Waals surface area contributed by atoms with Gasteiger partial charge in [-0.15, -0.1) is 0 Å². The molecule has 0 saturated carbocycles. The van der Waals surface area contributed by atoms with E-state index in [0.29, 0.717) is 18.8 Å². The average Bonchev–Trinajstić information content (AvgIpc) is 3.34. The number of rotatable bonds is 7. The normalized spacial score (nSPS) is 16.8. The lowest BCUT2D eigenvalue weighted by molar-refractivity contribution is 0.0932. The number of furan rings is 1. The molecule has 1 fully saturated rings. The lowest BCUT2D eigenvalue weighted by Crippen LogP contribution is -2.41. The summed E-state index contributed by atoms with van der Waals surface area (Å²) < 4.78 is 11.7. The molecule has 9 heteroatoms. The van der Waals surface area contributed by atoms with Crippen molar-refractivity contribution in [3.05, 3.63) is 62.5 Å². The SMILES string of the molecule is COCCN1CCCC1CNC(=O)c1c(C)oc2[nH]c(=O)n(-c3ccccc3)c(=O)c12. The average molecular weight is 426 g/mol. The van der Waals surface area contributed by atoms with Crippen molar-refractivity contribution in [2.75, 3.05) is 33.4 Å². The number of nitrogens with one attached hydrogen (secondary N) is 2.